The molecule has 5 atom stereocenters. The number of hydrogen-bond acceptors (Lipinski definition) is 14. The van der Waals surface area contributed by atoms with Gasteiger partial charge in [0.15, 0.2) is 5.96 Å². The van der Waals surface area contributed by atoms with Crippen molar-refractivity contribution in [1.82, 2.24) is 41.8 Å². The van der Waals surface area contributed by atoms with Gasteiger partial charge in [0.05, 0.1) is 36.3 Å². The number of aliphatic carboxylic acids is 1. The summed E-state index contributed by atoms with van der Waals surface area (Å²) in [7, 11) is 4.52. The van der Waals surface area contributed by atoms with Gasteiger partial charge < -0.3 is 68.0 Å². The molecule has 26 heteroatoms. The first-order valence-electron chi connectivity index (χ1n) is 23.9. The number of carbonyl (C=O) groups excluding carboxylic acids is 8. The summed E-state index contributed by atoms with van der Waals surface area (Å²) in [4.78, 5) is 130. The lowest BCUT2D eigenvalue weighted by atomic mass is 9.96. The Morgan fingerprint density at radius 2 is 1.56 bits per heavy atom. The second-order valence-corrected chi connectivity index (χ2v) is 20.5. The Morgan fingerprint density at radius 3 is 2.31 bits per heavy atom. The lowest BCUT2D eigenvalue weighted by Crippen LogP contribution is -2.60. The summed E-state index contributed by atoms with van der Waals surface area (Å²) < 4.78 is 19.8. The summed E-state index contributed by atoms with van der Waals surface area (Å²) >= 11 is 0. The number of amides is 7. The van der Waals surface area contributed by atoms with Gasteiger partial charge in [-0.25, -0.2) is 4.39 Å². The third kappa shape index (κ3) is 14.5. The summed E-state index contributed by atoms with van der Waals surface area (Å²) in [5.74, 6) is -6.90. The molecule has 0 saturated carbocycles. The average Bonchev–Trinajstić information content (AvgIpc) is 3.77. The van der Waals surface area contributed by atoms with Gasteiger partial charge in [-0.15, -0.1) is 0 Å². The molecule has 12 N–H and O–H groups in total. The molecular formula is C49H57FN12O11S2. The van der Waals surface area contributed by atoms with Crippen LogP contribution in [-0.2, 0) is 51.2 Å². The maximum atomic E-state index is 14.1. The number of esters is 1. The number of anilines is 1. The van der Waals surface area contributed by atoms with Crippen LogP contribution >= 0.6 is 21.6 Å². The van der Waals surface area contributed by atoms with E-state index in [9.17, 15) is 52.6 Å². The Hall–Kier alpha value is -7.87. The standard InChI is InChI=1S/C49H57FN12O11S2/c1-61-37-12-9-27(50)21-31(37)48(72)62-17-13-29-30-22-28(10-11-32(30)57-42(29)47(61)62)73-41(67)15-19-75-74-18-14-38(63)54-24-36-46(71)58-33(8-5-16-53-49(51)52)43(68)55-25-39(64)56-35(23-40(65)66)45(70)59-34(44(69)60-36)20-26-6-3-2-4-7-26/h2-4,6-7,9-12,21-22,33-36,47,57H,5,8,13-20,23-25H2,1H3,(H,54,63)(H,55,68)(H,56,64)(H,58,71)(H,59,70)(H,60,69)(H,65,66)(H4,51,52,53)/t33-,34-,35-,36-,47?/m0/s1. The molecule has 1 saturated heterocycles. The van der Waals surface area contributed by atoms with E-state index in [0.717, 1.165) is 22.2 Å². The zero-order valence-electron chi connectivity index (χ0n) is 40.7. The fourth-order valence-electron chi connectivity index (χ4n) is 8.84. The molecule has 4 heterocycles. The van der Waals surface area contributed by atoms with E-state index in [1.54, 1.807) is 53.4 Å². The minimum Gasteiger partial charge on any atom is -0.481 e. The average molecular weight is 1070 g/mol. The van der Waals surface area contributed by atoms with Crippen LogP contribution in [0.15, 0.2) is 71.7 Å². The van der Waals surface area contributed by atoms with Crippen LogP contribution in [0.4, 0.5) is 10.1 Å². The Balaban J connectivity index is 0.936. The van der Waals surface area contributed by atoms with Gasteiger partial charge in [-0.3, -0.25) is 48.1 Å². The summed E-state index contributed by atoms with van der Waals surface area (Å²) in [6.07, 6.45) is -0.712. The van der Waals surface area contributed by atoms with Gasteiger partial charge in [-0.1, -0.05) is 51.9 Å². The number of aliphatic imine (C=N–C) groups is 1. The van der Waals surface area contributed by atoms with Crippen LogP contribution in [0.5, 0.6) is 5.75 Å². The van der Waals surface area contributed by atoms with E-state index in [1.807, 2.05) is 18.0 Å². The highest BCUT2D eigenvalue weighted by molar-refractivity contribution is 8.76. The van der Waals surface area contributed by atoms with Crippen LogP contribution in [0.3, 0.4) is 0 Å². The van der Waals surface area contributed by atoms with E-state index < -0.39 is 103 Å². The number of nitrogens with zero attached hydrogens (tertiary/aromatic N) is 3. The van der Waals surface area contributed by atoms with Crippen molar-refractivity contribution >= 4 is 97.4 Å². The zero-order chi connectivity index (χ0) is 53.8. The minimum absolute atomic E-state index is 0.0342. The lowest BCUT2D eigenvalue weighted by Gasteiger charge is -2.46. The SMILES string of the molecule is CN1c2ccc(F)cc2C(=O)N2CCc3c([nH]c4ccc(OC(=O)CCSSCCC(=O)NC[C@@H]5NC(=O)[C@H](Cc6ccccc6)NC(=O)[C@H](CC(=O)O)NC(=O)CNC(=O)[C@H](CCCN=C(N)N)NC5=O)cc34)C21. The monoisotopic (exact) mass is 1070 g/mol. The minimum atomic E-state index is -1.66. The summed E-state index contributed by atoms with van der Waals surface area (Å²) in [5, 5.41) is 25.3. The maximum absolute atomic E-state index is 14.1. The number of hydrogen-bond donors (Lipinski definition) is 10. The zero-order valence-corrected chi connectivity index (χ0v) is 42.3. The van der Waals surface area contributed by atoms with Gasteiger partial charge in [-0.2, -0.15) is 0 Å². The molecule has 0 aliphatic carbocycles. The van der Waals surface area contributed by atoms with Gasteiger partial charge in [0.2, 0.25) is 35.4 Å². The lowest BCUT2D eigenvalue weighted by molar-refractivity contribution is -0.141. The van der Waals surface area contributed by atoms with Crippen molar-refractivity contribution in [3.8, 4) is 5.75 Å². The first kappa shape index (κ1) is 54.9. The van der Waals surface area contributed by atoms with Crippen molar-refractivity contribution in [3.63, 3.8) is 0 Å². The second kappa shape index (κ2) is 25.4. The topological polar surface area (TPSA) is 342 Å². The summed E-state index contributed by atoms with van der Waals surface area (Å²) in [5.41, 5.74) is 15.0. The number of aromatic amines is 1. The molecule has 0 radical (unpaired) electrons. The number of rotatable bonds is 18. The number of H-pyrrole nitrogens is 1. The van der Waals surface area contributed by atoms with Crippen molar-refractivity contribution in [2.45, 2.75) is 75.3 Å². The number of carboxylic acids is 1. The maximum Gasteiger partial charge on any atom is 0.312 e. The molecule has 1 aromatic heterocycles. The van der Waals surface area contributed by atoms with E-state index in [1.165, 1.54) is 33.7 Å². The van der Waals surface area contributed by atoms with Gasteiger partial charge >= 0.3 is 11.9 Å². The van der Waals surface area contributed by atoms with Crippen LogP contribution < -0.4 is 53.0 Å². The molecule has 3 aliphatic rings. The molecule has 1 fully saturated rings. The molecule has 398 valence electrons. The number of aromatic nitrogens is 1. The molecule has 0 spiro atoms. The van der Waals surface area contributed by atoms with Crippen molar-refractivity contribution in [2.75, 3.05) is 49.6 Å². The number of benzene rings is 3. The molecule has 3 aliphatic heterocycles. The Morgan fingerprint density at radius 1 is 0.853 bits per heavy atom. The molecule has 7 rings (SSSR count). The largest absolute Gasteiger partial charge is 0.481 e. The number of halogens is 1. The van der Waals surface area contributed by atoms with E-state index in [-0.39, 0.29) is 50.5 Å². The number of fused-ring (bicyclic) bond motifs is 6. The quantitative estimate of drug-likeness (QED) is 0.0162. The molecule has 75 heavy (non-hydrogen) atoms. The Kier molecular flexibility index (Phi) is 18.6. The number of nitrogens with one attached hydrogen (secondary N) is 7. The van der Waals surface area contributed by atoms with Crippen molar-refractivity contribution in [1.29, 1.82) is 0 Å². The van der Waals surface area contributed by atoms with E-state index in [0.29, 0.717) is 47.0 Å². The molecular weight excluding hydrogens is 1020 g/mol. The summed E-state index contributed by atoms with van der Waals surface area (Å²) in [6.45, 7) is -0.673. The van der Waals surface area contributed by atoms with Gasteiger partial charge in [0, 0.05) is 61.9 Å². The first-order valence-corrected chi connectivity index (χ1v) is 26.4. The van der Waals surface area contributed by atoms with Crippen molar-refractivity contribution in [3.05, 3.63) is 94.9 Å². The Bertz CT molecular complexity index is 2870. The highest BCUT2D eigenvalue weighted by atomic mass is 33.1. The highest BCUT2D eigenvalue weighted by Crippen LogP contribution is 2.43. The van der Waals surface area contributed by atoms with E-state index >= 15 is 0 Å². The fraction of sp³-hybridized carbons (Fsp3) is 0.388. The smallest absolute Gasteiger partial charge is 0.312 e. The number of ether oxygens (including phenoxy) is 1. The van der Waals surface area contributed by atoms with Crippen molar-refractivity contribution < 1.29 is 57.4 Å². The van der Waals surface area contributed by atoms with E-state index in [4.69, 9.17) is 16.2 Å². The molecule has 23 nitrogen and oxygen atoms in total. The predicted molar refractivity (Wildman–Crippen MR) is 276 cm³/mol. The Labute approximate surface area is 437 Å². The number of guanidine groups is 1. The first-order chi connectivity index (χ1) is 35.9. The number of carboxylic acid groups (broad SMARTS) is 1. The second-order valence-electron chi connectivity index (χ2n) is 17.8. The third-order valence-electron chi connectivity index (χ3n) is 12.5. The van der Waals surface area contributed by atoms with Crippen LogP contribution in [0.2, 0.25) is 0 Å². The molecule has 1 unspecified atom stereocenters. The molecule has 3 aromatic carbocycles. The highest BCUT2D eigenvalue weighted by Gasteiger charge is 2.42. The van der Waals surface area contributed by atoms with Crippen molar-refractivity contribution in [2.24, 2.45) is 16.5 Å². The van der Waals surface area contributed by atoms with Crippen LogP contribution in [0.25, 0.3) is 10.9 Å². The van der Waals surface area contributed by atoms with Gasteiger partial charge in [0.25, 0.3) is 5.91 Å². The molecule has 4 aromatic rings. The number of carbonyl (C=O) groups is 9. The summed E-state index contributed by atoms with van der Waals surface area (Å²) in [6, 6.07) is 12.1. The van der Waals surface area contributed by atoms with Gasteiger partial charge in [0.1, 0.15) is 41.9 Å². The third-order valence-corrected chi connectivity index (χ3v) is 14.9. The van der Waals surface area contributed by atoms with Crippen LogP contribution in [0.1, 0.15) is 65.4 Å². The van der Waals surface area contributed by atoms with Crippen LogP contribution in [-0.4, -0.2) is 143 Å². The van der Waals surface area contributed by atoms with Crippen LogP contribution in [0, 0.1) is 5.82 Å². The normalized spacial score (nSPS) is 20.1. The fourth-order valence-corrected chi connectivity index (χ4v) is 10.8. The molecule has 0 bridgehead atoms. The number of nitrogens with two attached hydrogens (primary N) is 2. The van der Waals surface area contributed by atoms with Gasteiger partial charge in [-0.05, 0) is 66.8 Å². The molecule has 7 amide bonds. The predicted octanol–water partition coefficient (Wildman–Crippen LogP) is 0.477. The van der Waals surface area contributed by atoms with E-state index in [2.05, 4.69) is 41.9 Å².